The van der Waals surface area contributed by atoms with Gasteiger partial charge in [0.1, 0.15) is 11.5 Å². The van der Waals surface area contributed by atoms with Crippen LogP contribution in [0.2, 0.25) is 0 Å². The third kappa shape index (κ3) is 3.71. The topological polar surface area (TPSA) is 29.5 Å². The standard InChI is InChI=1S/C18H23F2NO2/c1-21-14-6-4-7-15(21)10-13(9-14)16(22)11-12-5-2-3-8-17(12)23-18(19)20/h2-3,5,8,13-15,18H,4,6-7,9-11H2,1H3. The first-order valence-electron chi connectivity index (χ1n) is 8.32. The minimum Gasteiger partial charge on any atom is -0.435 e. The highest BCUT2D eigenvalue weighted by Gasteiger charge is 2.38. The fourth-order valence-electron chi connectivity index (χ4n) is 4.07. The molecule has 0 N–H and O–H groups in total. The summed E-state index contributed by atoms with van der Waals surface area (Å²) in [6, 6.07) is 7.58. The lowest BCUT2D eigenvalue weighted by Gasteiger charge is -2.46. The van der Waals surface area contributed by atoms with Gasteiger partial charge in [-0.3, -0.25) is 4.79 Å². The van der Waals surface area contributed by atoms with E-state index in [4.69, 9.17) is 0 Å². The van der Waals surface area contributed by atoms with Gasteiger partial charge in [0.15, 0.2) is 0 Å². The van der Waals surface area contributed by atoms with E-state index in [1.54, 1.807) is 18.2 Å². The lowest BCUT2D eigenvalue weighted by Crippen LogP contribution is -2.51. The third-order valence-corrected chi connectivity index (χ3v) is 5.35. The van der Waals surface area contributed by atoms with Crippen LogP contribution in [0.15, 0.2) is 24.3 Å². The molecule has 3 rings (SSSR count). The highest BCUT2D eigenvalue weighted by atomic mass is 19.3. The van der Waals surface area contributed by atoms with E-state index in [-0.39, 0.29) is 23.9 Å². The summed E-state index contributed by atoms with van der Waals surface area (Å²) in [5, 5.41) is 0. The second-order valence-electron chi connectivity index (χ2n) is 6.70. The molecule has 2 fully saturated rings. The maximum absolute atomic E-state index is 12.7. The minimum atomic E-state index is -2.87. The number of carbonyl (C=O) groups excluding carboxylic acids is 1. The Labute approximate surface area is 135 Å². The Balaban J connectivity index is 1.68. The predicted octanol–water partition coefficient (Wildman–Crippen LogP) is 3.66. The molecule has 126 valence electrons. The number of hydrogen-bond donors (Lipinski definition) is 0. The van der Waals surface area contributed by atoms with E-state index in [9.17, 15) is 13.6 Å². The third-order valence-electron chi connectivity index (χ3n) is 5.35. The summed E-state index contributed by atoms with van der Waals surface area (Å²) in [6.45, 7) is -2.87. The van der Waals surface area contributed by atoms with Gasteiger partial charge in [0.25, 0.3) is 0 Å². The van der Waals surface area contributed by atoms with E-state index in [1.807, 2.05) is 0 Å². The average molecular weight is 323 g/mol. The second kappa shape index (κ2) is 6.95. The van der Waals surface area contributed by atoms with Gasteiger partial charge in [-0.05, 0) is 38.8 Å². The van der Waals surface area contributed by atoms with Gasteiger partial charge < -0.3 is 9.64 Å². The first-order valence-corrected chi connectivity index (χ1v) is 8.32. The number of nitrogens with zero attached hydrogens (tertiary/aromatic N) is 1. The van der Waals surface area contributed by atoms with Gasteiger partial charge in [-0.15, -0.1) is 0 Å². The van der Waals surface area contributed by atoms with Crippen LogP contribution in [0.25, 0.3) is 0 Å². The molecular formula is C18H23F2NO2. The van der Waals surface area contributed by atoms with Crippen molar-refractivity contribution in [1.82, 2.24) is 4.90 Å². The zero-order chi connectivity index (χ0) is 16.4. The summed E-state index contributed by atoms with van der Waals surface area (Å²) in [6.07, 6.45) is 5.51. The Kier molecular flexibility index (Phi) is 4.95. The summed E-state index contributed by atoms with van der Waals surface area (Å²) in [5.74, 6) is 0.311. The number of carbonyl (C=O) groups is 1. The number of hydrogen-bond acceptors (Lipinski definition) is 3. The molecule has 2 heterocycles. The molecule has 0 radical (unpaired) electrons. The van der Waals surface area contributed by atoms with E-state index in [0.29, 0.717) is 17.6 Å². The molecule has 2 bridgehead atoms. The number of benzene rings is 1. The molecule has 2 unspecified atom stereocenters. The van der Waals surface area contributed by atoms with Gasteiger partial charge in [-0.2, -0.15) is 8.78 Å². The molecule has 2 aliphatic heterocycles. The number of ketones is 1. The summed E-state index contributed by atoms with van der Waals surface area (Å²) in [7, 11) is 2.15. The largest absolute Gasteiger partial charge is 0.435 e. The number of ether oxygens (including phenoxy) is 1. The van der Waals surface area contributed by atoms with Crippen LogP contribution in [-0.4, -0.2) is 36.4 Å². The molecule has 1 aromatic carbocycles. The second-order valence-corrected chi connectivity index (χ2v) is 6.70. The van der Waals surface area contributed by atoms with E-state index < -0.39 is 6.61 Å². The van der Waals surface area contributed by atoms with Crippen molar-refractivity contribution in [2.24, 2.45) is 5.92 Å². The van der Waals surface area contributed by atoms with Crippen molar-refractivity contribution in [2.45, 2.75) is 57.2 Å². The van der Waals surface area contributed by atoms with E-state index >= 15 is 0 Å². The van der Waals surface area contributed by atoms with Gasteiger partial charge in [-0.1, -0.05) is 24.6 Å². The number of para-hydroxylation sites is 1. The Morgan fingerprint density at radius 3 is 2.57 bits per heavy atom. The highest BCUT2D eigenvalue weighted by molar-refractivity contribution is 5.84. The van der Waals surface area contributed by atoms with E-state index in [0.717, 1.165) is 25.7 Å². The number of fused-ring (bicyclic) bond motifs is 2. The van der Waals surface area contributed by atoms with Crippen molar-refractivity contribution in [3.8, 4) is 5.75 Å². The summed E-state index contributed by atoms with van der Waals surface area (Å²) < 4.78 is 29.5. The molecular weight excluding hydrogens is 300 g/mol. The minimum absolute atomic E-state index is 0.0427. The Morgan fingerprint density at radius 1 is 1.26 bits per heavy atom. The van der Waals surface area contributed by atoms with Crippen LogP contribution in [-0.2, 0) is 11.2 Å². The van der Waals surface area contributed by atoms with Gasteiger partial charge >= 0.3 is 6.61 Å². The van der Waals surface area contributed by atoms with Crippen LogP contribution in [0.4, 0.5) is 8.78 Å². The van der Waals surface area contributed by atoms with Crippen LogP contribution in [0.3, 0.4) is 0 Å². The van der Waals surface area contributed by atoms with Crippen LogP contribution in [0, 0.1) is 5.92 Å². The van der Waals surface area contributed by atoms with Gasteiger partial charge in [0.2, 0.25) is 0 Å². The quantitative estimate of drug-likeness (QED) is 0.828. The number of rotatable bonds is 5. The van der Waals surface area contributed by atoms with E-state index in [2.05, 4.69) is 16.7 Å². The normalized spacial score (nSPS) is 27.9. The smallest absolute Gasteiger partial charge is 0.387 e. The zero-order valence-corrected chi connectivity index (χ0v) is 13.4. The van der Waals surface area contributed by atoms with E-state index in [1.165, 1.54) is 12.5 Å². The fraction of sp³-hybridized carbons (Fsp3) is 0.611. The van der Waals surface area contributed by atoms with Gasteiger partial charge in [-0.25, -0.2) is 0 Å². The van der Waals surface area contributed by atoms with Crippen molar-refractivity contribution >= 4 is 5.78 Å². The molecule has 5 heteroatoms. The molecule has 0 spiro atoms. The molecule has 0 amide bonds. The van der Waals surface area contributed by atoms with Crippen LogP contribution in [0.5, 0.6) is 5.75 Å². The first-order chi connectivity index (χ1) is 11.0. The summed E-state index contributed by atoms with van der Waals surface area (Å²) in [5.41, 5.74) is 0.557. The molecule has 2 atom stereocenters. The Hall–Kier alpha value is -1.49. The van der Waals surface area contributed by atoms with Crippen molar-refractivity contribution in [3.05, 3.63) is 29.8 Å². The zero-order valence-electron chi connectivity index (χ0n) is 13.4. The molecule has 0 aromatic heterocycles. The SMILES string of the molecule is CN1C2CCCC1CC(C(=O)Cc1ccccc1OC(F)F)C2. The summed E-state index contributed by atoms with van der Waals surface area (Å²) in [4.78, 5) is 15.1. The molecule has 1 aromatic rings. The highest BCUT2D eigenvalue weighted by Crippen LogP contribution is 2.37. The average Bonchev–Trinajstić information content (AvgIpc) is 2.48. The first kappa shape index (κ1) is 16.4. The molecule has 3 nitrogen and oxygen atoms in total. The maximum atomic E-state index is 12.7. The number of piperidine rings is 2. The Bertz CT molecular complexity index is 550. The van der Waals surface area contributed by atoms with Crippen molar-refractivity contribution in [3.63, 3.8) is 0 Å². The lowest BCUT2D eigenvalue weighted by molar-refractivity contribution is -0.126. The molecule has 2 saturated heterocycles. The number of halogens is 2. The van der Waals surface area contributed by atoms with Crippen molar-refractivity contribution in [2.75, 3.05) is 7.05 Å². The molecule has 0 aliphatic carbocycles. The van der Waals surface area contributed by atoms with Gasteiger partial charge in [0, 0.05) is 30.0 Å². The van der Waals surface area contributed by atoms with Crippen molar-refractivity contribution in [1.29, 1.82) is 0 Å². The van der Waals surface area contributed by atoms with Crippen molar-refractivity contribution < 1.29 is 18.3 Å². The lowest BCUT2D eigenvalue weighted by atomic mass is 9.76. The molecule has 0 saturated carbocycles. The maximum Gasteiger partial charge on any atom is 0.387 e. The molecule has 2 aliphatic rings. The molecule has 23 heavy (non-hydrogen) atoms. The fourth-order valence-corrected chi connectivity index (χ4v) is 4.07. The number of Topliss-reactive ketones (excluding diaryl/α,β-unsaturated/α-hetero) is 1. The Morgan fingerprint density at radius 2 is 1.91 bits per heavy atom. The summed E-state index contributed by atoms with van der Waals surface area (Å²) >= 11 is 0. The number of alkyl halides is 2. The van der Waals surface area contributed by atoms with Crippen LogP contribution >= 0.6 is 0 Å². The van der Waals surface area contributed by atoms with Gasteiger partial charge in [0.05, 0.1) is 0 Å². The monoisotopic (exact) mass is 323 g/mol. The van der Waals surface area contributed by atoms with Crippen LogP contribution in [0.1, 0.15) is 37.7 Å². The predicted molar refractivity (Wildman–Crippen MR) is 83.7 cm³/mol. The van der Waals surface area contributed by atoms with Crippen LogP contribution < -0.4 is 4.74 Å².